The van der Waals surface area contributed by atoms with E-state index in [0.717, 1.165) is 0 Å². The fourth-order valence-corrected chi connectivity index (χ4v) is 2.02. The second kappa shape index (κ2) is 7.19. The standard InChI is InChI=1S/C14H10BrClN2O3/c15-11-4-2-1-3-10(11)14(20)21-8-13(19)18-12-6-5-9(16)7-17-12/h1-7H,8H2,(H,17,18,19). The van der Waals surface area contributed by atoms with Crippen LogP contribution >= 0.6 is 27.5 Å². The molecule has 0 unspecified atom stereocenters. The predicted molar refractivity (Wildman–Crippen MR) is 82.3 cm³/mol. The summed E-state index contributed by atoms with van der Waals surface area (Å²) < 4.78 is 5.54. The highest BCUT2D eigenvalue weighted by Gasteiger charge is 2.13. The molecule has 0 aliphatic heterocycles. The summed E-state index contributed by atoms with van der Waals surface area (Å²) in [5, 5.41) is 2.96. The van der Waals surface area contributed by atoms with Crippen LogP contribution in [0.4, 0.5) is 5.82 Å². The molecule has 21 heavy (non-hydrogen) atoms. The SMILES string of the molecule is O=C(COC(=O)c1ccccc1Br)Nc1ccc(Cl)cn1. The number of halogens is 2. The number of ether oxygens (including phenoxy) is 1. The van der Waals surface area contributed by atoms with Crippen LogP contribution in [0.3, 0.4) is 0 Å². The van der Waals surface area contributed by atoms with Crippen molar-refractivity contribution in [2.75, 3.05) is 11.9 Å². The summed E-state index contributed by atoms with van der Waals surface area (Å²) in [6, 6.07) is 9.95. The third-order valence-electron chi connectivity index (χ3n) is 2.42. The zero-order valence-corrected chi connectivity index (χ0v) is 13.0. The number of amides is 1. The first kappa shape index (κ1) is 15.5. The molecule has 1 aromatic heterocycles. The van der Waals surface area contributed by atoms with Gasteiger partial charge in [0.15, 0.2) is 6.61 Å². The Bertz CT molecular complexity index is 662. The molecule has 2 aromatic rings. The van der Waals surface area contributed by atoms with Crippen molar-refractivity contribution in [3.8, 4) is 0 Å². The van der Waals surface area contributed by atoms with Crippen LogP contribution in [0.25, 0.3) is 0 Å². The van der Waals surface area contributed by atoms with Gasteiger partial charge in [-0.15, -0.1) is 0 Å². The molecule has 0 saturated carbocycles. The maximum Gasteiger partial charge on any atom is 0.339 e. The Balaban J connectivity index is 1.88. The van der Waals surface area contributed by atoms with E-state index in [-0.39, 0.29) is 0 Å². The zero-order chi connectivity index (χ0) is 15.2. The van der Waals surface area contributed by atoms with Crippen LogP contribution in [0.15, 0.2) is 47.1 Å². The molecule has 2 rings (SSSR count). The van der Waals surface area contributed by atoms with Gasteiger partial charge in [0, 0.05) is 10.7 Å². The van der Waals surface area contributed by atoms with Crippen molar-refractivity contribution >= 4 is 45.2 Å². The summed E-state index contributed by atoms with van der Waals surface area (Å²) >= 11 is 8.93. The van der Waals surface area contributed by atoms with E-state index in [0.29, 0.717) is 20.9 Å². The molecule has 0 fully saturated rings. The molecule has 5 nitrogen and oxygen atoms in total. The van der Waals surface area contributed by atoms with Gasteiger partial charge in [-0.2, -0.15) is 0 Å². The summed E-state index contributed by atoms with van der Waals surface area (Å²) in [4.78, 5) is 27.4. The van der Waals surface area contributed by atoms with Crippen LogP contribution in [-0.2, 0) is 9.53 Å². The Morgan fingerprint density at radius 3 is 2.67 bits per heavy atom. The van der Waals surface area contributed by atoms with Crippen molar-refractivity contribution in [1.82, 2.24) is 4.98 Å². The van der Waals surface area contributed by atoms with Crippen LogP contribution in [0.5, 0.6) is 0 Å². The Hall–Kier alpha value is -1.92. The number of esters is 1. The van der Waals surface area contributed by atoms with Crippen molar-refractivity contribution in [2.45, 2.75) is 0 Å². The monoisotopic (exact) mass is 368 g/mol. The minimum Gasteiger partial charge on any atom is -0.452 e. The lowest BCUT2D eigenvalue weighted by atomic mass is 10.2. The molecular formula is C14H10BrClN2O3. The van der Waals surface area contributed by atoms with Gasteiger partial charge in [-0.05, 0) is 40.2 Å². The highest BCUT2D eigenvalue weighted by atomic mass is 79.9. The molecule has 1 amide bonds. The first-order valence-electron chi connectivity index (χ1n) is 5.89. The molecular weight excluding hydrogens is 360 g/mol. The lowest BCUT2D eigenvalue weighted by Crippen LogP contribution is -2.21. The number of hydrogen-bond acceptors (Lipinski definition) is 4. The lowest BCUT2D eigenvalue weighted by molar-refractivity contribution is -0.119. The normalized spacial score (nSPS) is 10.0. The first-order chi connectivity index (χ1) is 10.1. The van der Waals surface area contributed by atoms with Crippen molar-refractivity contribution in [2.24, 2.45) is 0 Å². The topological polar surface area (TPSA) is 68.3 Å². The fourth-order valence-electron chi connectivity index (χ4n) is 1.46. The minimum atomic E-state index is -0.582. The van der Waals surface area contributed by atoms with Crippen LogP contribution in [-0.4, -0.2) is 23.5 Å². The smallest absolute Gasteiger partial charge is 0.339 e. The Morgan fingerprint density at radius 2 is 2.00 bits per heavy atom. The van der Waals surface area contributed by atoms with Gasteiger partial charge in [0.1, 0.15) is 5.82 Å². The second-order valence-electron chi connectivity index (χ2n) is 3.97. The van der Waals surface area contributed by atoms with Gasteiger partial charge < -0.3 is 10.1 Å². The molecule has 108 valence electrons. The van der Waals surface area contributed by atoms with Gasteiger partial charge in [0.05, 0.1) is 10.6 Å². The third kappa shape index (κ3) is 4.54. The number of rotatable bonds is 4. The maximum atomic E-state index is 11.8. The average molecular weight is 370 g/mol. The molecule has 0 aliphatic rings. The molecule has 0 bridgehead atoms. The van der Waals surface area contributed by atoms with E-state index in [1.165, 1.54) is 6.20 Å². The van der Waals surface area contributed by atoms with Crippen LogP contribution < -0.4 is 5.32 Å². The Kier molecular flexibility index (Phi) is 5.30. The highest BCUT2D eigenvalue weighted by Crippen LogP contribution is 2.16. The van der Waals surface area contributed by atoms with E-state index in [1.54, 1.807) is 36.4 Å². The van der Waals surface area contributed by atoms with E-state index in [4.69, 9.17) is 16.3 Å². The molecule has 0 radical (unpaired) electrons. The number of benzene rings is 1. The molecule has 1 heterocycles. The molecule has 7 heteroatoms. The first-order valence-corrected chi connectivity index (χ1v) is 7.06. The van der Waals surface area contributed by atoms with Crippen molar-refractivity contribution < 1.29 is 14.3 Å². The van der Waals surface area contributed by atoms with E-state index >= 15 is 0 Å². The Labute approximate surface area is 134 Å². The van der Waals surface area contributed by atoms with E-state index in [1.807, 2.05) is 0 Å². The summed E-state index contributed by atoms with van der Waals surface area (Å²) in [5.41, 5.74) is 0.356. The van der Waals surface area contributed by atoms with Crippen molar-refractivity contribution in [3.63, 3.8) is 0 Å². The van der Waals surface area contributed by atoms with Crippen molar-refractivity contribution in [3.05, 3.63) is 57.7 Å². The molecule has 0 aliphatic carbocycles. The van der Waals surface area contributed by atoms with Gasteiger partial charge in [-0.3, -0.25) is 4.79 Å². The number of hydrogen-bond donors (Lipinski definition) is 1. The van der Waals surface area contributed by atoms with E-state index < -0.39 is 18.5 Å². The molecule has 1 aromatic carbocycles. The van der Waals surface area contributed by atoms with Gasteiger partial charge in [-0.1, -0.05) is 23.7 Å². The average Bonchev–Trinajstić information content (AvgIpc) is 2.48. The van der Waals surface area contributed by atoms with Gasteiger partial charge in [-0.25, -0.2) is 9.78 Å². The molecule has 1 N–H and O–H groups in total. The number of carbonyl (C=O) groups is 2. The number of pyridine rings is 1. The third-order valence-corrected chi connectivity index (χ3v) is 3.34. The lowest BCUT2D eigenvalue weighted by Gasteiger charge is -2.07. The van der Waals surface area contributed by atoms with Gasteiger partial charge in [0.2, 0.25) is 0 Å². The van der Waals surface area contributed by atoms with E-state index in [2.05, 4.69) is 26.2 Å². The number of carbonyl (C=O) groups excluding carboxylic acids is 2. The summed E-state index contributed by atoms with van der Waals surface area (Å²) in [6.07, 6.45) is 1.41. The molecule has 0 atom stereocenters. The van der Waals surface area contributed by atoms with Crippen molar-refractivity contribution in [1.29, 1.82) is 0 Å². The minimum absolute atomic E-state index is 0.335. The number of aromatic nitrogens is 1. The second-order valence-corrected chi connectivity index (χ2v) is 5.26. The summed E-state index contributed by atoms with van der Waals surface area (Å²) in [5.74, 6) is -0.728. The maximum absolute atomic E-state index is 11.8. The van der Waals surface area contributed by atoms with Crippen LogP contribution in [0.2, 0.25) is 5.02 Å². The fraction of sp³-hybridized carbons (Fsp3) is 0.0714. The number of nitrogens with one attached hydrogen (secondary N) is 1. The molecule has 0 saturated heterocycles. The predicted octanol–water partition coefficient (Wildman–Crippen LogP) is 3.29. The number of nitrogens with zero attached hydrogens (tertiary/aromatic N) is 1. The Morgan fingerprint density at radius 1 is 1.24 bits per heavy atom. The largest absolute Gasteiger partial charge is 0.452 e. The van der Waals surface area contributed by atoms with Gasteiger partial charge >= 0.3 is 5.97 Å². The van der Waals surface area contributed by atoms with Crippen LogP contribution in [0.1, 0.15) is 10.4 Å². The van der Waals surface area contributed by atoms with Gasteiger partial charge in [0.25, 0.3) is 5.91 Å². The summed E-state index contributed by atoms with van der Waals surface area (Å²) in [7, 11) is 0. The highest BCUT2D eigenvalue weighted by molar-refractivity contribution is 9.10. The number of anilines is 1. The van der Waals surface area contributed by atoms with E-state index in [9.17, 15) is 9.59 Å². The summed E-state index contributed by atoms with van der Waals surface area (Å²) in [6.45, 7) is -0.398. The van der Waals surface area contributed by atoms with Crippen LogP contribution in [0, 0.1) is 0 Å². The zero-order valence-electron chi connectivity index (χ0n) is 10.7. The molecule has 0 spiro atoms. The quantitative estimate of drug-likeness (QED) is 0.840.